The molecule has 0 saturated carbocycles. The van der Waals surface area contributed by atoms with E-state index in [4.69, 9.17) is 5.11 Å². The summed E-state index contributed by atoms with van der Waals surface area (Å²) in [4.78, 5) is 0. The number of aliphatic hydroxyl groups is 1. The Morgan fingerprint density at radius 2 is 2.00 bits per heavy atom. The maximum absolute atomic E-state index is 8.64. The fourth-order valence-electron chi connectivity index (χ4n) is 0.436. The van der Waals surface area contributed by atoms with Crippen LogP contribution in [0, 0.1) is 0 Å². The number of thioether (sulfide) groups is 3. The van der Waals surface area contributed by atoms with Crippen LogP contribution in [-0.4, -0.2) is 26.5 Å². The molecule has 0 bridgehead atoms. The Balaban J connectivity index is 2.13. The Hall–Kier alpha value is 1.01. The zero-order valence-electron chi connectivity index (χ0n) is 4.37. The summed E-state index contributed by atoms with van der Waals surface area (Å²) in [6.45, 7) is 0.329. The quantitative estimate of drug-likeness (QED) is 0.639. The minimum Gasteiger partial charge on any atom is -0.394 e. The molecule has 1 aliphatic heterocycles. The topological polar surface area (TPSA) is 20.2 Å². The lowest BCUT2D eigenvalue weighted by atomic mass is 10.9. The third kappa shape index (κ3) is 2.09. The molecular formula is C4H8OS3. The van der Waals surface area contributed by atoms with Crippen molar-refractivity contribution in [2.75, 3.05) is 16.8 Å². The van der Waals surface area contributed by atoms with E-state index in [1.807, 2.05) is 35.3 Å². The van der Waals surface area contributed by atoms with Crippen LogP contribution in [0.25, 0.3) is 0 Å². The third-order valence-corrected chi connectivity index (χ3v) is 5.10. The highest BCUT2D eigenvalue weighted by molar-refractivity contribution is 8.32. The Kier molecular flexibility index (Phi) is 3.50. The zero-order valence-corrected chi connectivity index (χ0v) is 6.82. The molecule has 48 valence electrons. The first kappa shape index (κ1) is 7.12. The van der Waals surface area contributed by atoms with Gasteiger partial charge < -0.3 is 5.11 Å². The van der Waals surface area contributed by atoms with Crippen LogP contribution >= 0.6 is 35.3 Å². The Labute approximate surface area is 62.0 Å². The molecule has 1 aliphatic rings. The molecule has 1 N–H and O–H groups in total. The predicted molar refractivity (Wildman–Crippen MR) is 43.4 cm³/mol. The second-order valence-corrected chi connectivity index (χ2v) is 5.78. The smallest absolute Gasteiger partial charge is 0.0749 e. The molecule has 0 aliphatic carbocycles. The molecule has 0 radical (unpaired) electrons. The first-order chi connectivity index (χ1) is 3.93. The summed E-state index contributed by atoms with van der Waals surface area (Å²) < 4.78 is 0.455. The van der Waals surface area contributed by atoms with Gasteiger partial charge in [-0.2, -0.15) is 0 Å². The Morgan fingerprint density at radius 1 is 1.38 bits per heavy atom. The molecule has 1 rings (SSSR count). The lowest BCUT2D eigenvalue weighted by Crippen LogP contribution is -2.07. The van der Waals surface area contributed by atoms with Crippen LogP contribution in [0.2, 0.25) is 0 Å². The van der Waals surface area contributed by atoms with Crippen LogP contribution in [0.5, 0.6) is 0 Å². The van der Waals surface area contributed by atoms with Crippen LogP contribution in [0.15, 0.2) is 0 Å². The maximum atomic E-state index is 8.64. The molecule has 0 aromatic heterocycles. The van der Waals surface area contributed by atoms with Crippen molar-refractivity contribution in [2.24, 2.45) is 0 Å². The number of hydrogen-bond donors (Lipinski definition) is 1. The van der Waals surface area contributed by atoms with Crippen LogP contribution < -0.4 is 0 Å². The van der Waals surface area contributed by atoms with Crippen molar-refractivity contribution in [3.8, 4) is 0 Å². The van der Waals surface area contributed by atoms with Crippen molar-refractivity contribution in [3.63, 3.8) is 0 Å². The number of aliphatic hydroxyl groups excluding tert-OH is 1. The van der Waals surface area contributed by atoms with Gasteiger partial charge in [-0.25, -0.2) is 0 Å². The normalized spacial score (nSPS) is 23.6. The van der Waals surface area contributed by atoms with Crippen molar-refractivity contribution >= 4 is 35.3 Å². The van der Waals surface area contributed by atoms with Gasteiger partial charge in [-0.15, -0.1) is 35.3 Å². The van der Waals surface area contributed by atoms with Crippen molar-refractivity contribution < 1.29 is 5.11 Å². The summed E-state index contributed by atoms with van der Waals surface area (Å²) in [7, 11) is 0. The molecule has 1 saturated heterocycles. The van der Waals surface area contributed by atoms with E-state index in [1.54, 1.807) is 0 Å². The minimum atomic E-state index is 0.329. The minimum absolute atomic E-state index is 0.329. The van der Waals surface area contributed by atoms with Crippen molar-refractivity contribution in [1.29, 1.82) is 0 Å². The van der Waals surface area contributed by atoms with Gasteiger partial charge in [0.2, 0.25) is 0 Å². The molecule has 1 heterocycles. The van der Waals surface area contributed by atoms with Gasteiger partial charge in [-0.1, -0.05) is 0 Å². The van der Waals surface area contributed by atoms with Crippen LogP contribution in [-0.2, 0) is 0 Å². The van der Waals surface area contributed by atoms with E-state index >= 15 is 0 Å². The molecule has 0 aromatic carbocycles. The summed E-state index contributed by atoms with van der Waals surface area (Å²) >= 11 is 5.61. The van der Waals surface area contributed by atoms with Gasteiger partial charge in [-0.3, -0.25) is 0 Å². The summed E-state index contributed by atoms with van der Waals surface area (Å²) in [5.41, 5.74) is 0. The van der Waals surface area contributed by atoms with Gasteiger partial charge >= 0.3 is 0 Å². The van der Waals surface area contributed by atoms with Gasteiger partial charge in [0.15, 0.2) is 0 Å². The molecule has 4 heteroatoms. The highest BCUT2D eigenvalue weighted by atomic mass is 32.3. The molecule has 0 atom stereocenters. The van der Waals surface area contributed by atoms with E-state index in [0.717, 1.165) is 10.2 Å². The van der Waals surface area contributed by atoms with Gasteiger partial charge in [0.1, 0.15) is 0 Å². The number of rotatable bonds is 1. The van der Waals surface area contributed by atoms with Crippen LogP contribution in [0.1, 0.15) is 0 Å². The van der Waals surface area contributed by atoms with E-state index in [9.17, 15) is 0 Å². The van der Waals surface area contributed by atoms with Crippen LogP contribution in [0.3, 0.4) is 0 Å². The van der Waals surface area contributed by atoms with E-state index in [1.165, 1.54) is 0 Å². The molecule has 1 nitrogen and oxygen atoms in total. The van der Waals surface area contributed by atoms with E-state index in [0.29, 0.717) is 11.2 Å². The molecular weight excluding hydrogens is 160 g/mol. The first-order valence-electron chi connectivity index (χ1n) is 2.35. The van der Waals surface area contributed by atoms with Gasteiger partial charge in [0, 0.05) is 10.2 Å². The summed E-state index contributed by atoms with van der Waals surface area (Å²) in [5, 5.41) is 10.9. The van der Waals surface area contributed by atoms with E-state index in [2.05, 4.69) is 0 Å². The largest absolute Gasteiger partial charge is 0.394 e. The fourth-order valence-corrected chi connectivity index (χ4v) is 4.90. The SMILES string of the molecule is OCC1SCSCS1. The van der Waals surface area contributed by atoms with Crippen molar-refractivity contribution in [3.05, 3.63) is 0 Å². The fraction of sp³-hybridized carbons (Fsp3) is 1.00. The van der Waals surface area contributed by atoms with E-state index < -0.39 is 0 Å². The van der Waals surface area contributed by atoms with E-state index in [-0.39, 0.29) is 0 Å². The molecule has 0 unspecified atom stereocenters. The summed E-state index contributed by atoms with van der Waals surface area (Å²) in [5.74, 6) is 0. The Morgan fingerprint density at radius 3 is 2.38 bits per heavy atom. The molecule has 8 heavy (non-hydrogen) atoms. The van der Waals surface area contributed by atoms with Gasteiger partial charge in [0.25, 0.3) is 0 Å². The van der Waals surface area contributed by atoms with Crippen molar-refractivity contribution in [1.82, 2.24) is 0 Å². The highest BCUT2D eigenvalue weighted by Gasteiger charge is 2.12. The Bertz CT molecular complexity index is 62.3. The highest BCUT2D eigenvalue weighted by Crippen LogP contribution is 2.35. The third-order valence-electron chi connectivity index (χ3n) is 0.824. The standard InChI is InChI=1S/C4H8OS3/c5-1-4-7-2-6-3-8-4/h4-5H,1-3H2. The maximum Gasteiger partial charge on any atom is 0.0749 e. The van der Waals surface area contributed by atoms with Gasteiger partial charge in [-0.05, 0) is 0 Å². The second-order valence-electron chi connectivity index (χ2n) is 1.39. The van der Waals surface area contributed by atoms with Gasteiger partial charge in [0.05, 0.1) is 11.2 Å². The predicted octanol–water partition coefficient (Wildman–Crippen LogP) is 1.43. The lowest BCUT2D eigenvalue weighted by Gasteiger charge is -2.17. The average molecular weight is 168 g/mol. The lowest BCUT2D eigenvalue weighted by molar-refractivity contribution is 0.316. The summed E-state index contributed by atoms with van der Waals surface area (Å²) in [6, 6.07) is 0. The zero-order chi connectivity index (χ0) is 5.82. The molecule has 0 amide bonds. The van der Waals surface area contributed by atoms with Crippen molar-refractivity contribution in [2.45, 2.75) is 4.58 Å². The molecule has 1 fully saturated rings. The van der Waals surface area contributed by atoms with Crippen LogP contribution in [0.4, 0.5) is 0 Å². The first-order valence-corrected chi connectivity index (χ1v) is 5.60. The molecule has 0 spiro atoms. The number of hydrogen-bond acceptors (Lipinski definition) is 4. The monoisotopic (exact) mass is 168 g/mol. The summed E-state index contributed by atoms with van der Waals surface area (Å²) in [6.07, 6.45) is 0. The second kappa shape index (κ2) is 3.93. The average Bonchev–Trinajstić information content (AvgIpc) is 1.90. The molecule has 0 aromatic rings.